The number of amides is 3. The van der Waals surface area contributed by atoms with Crippen LogP contribution in [0.1, 0.15) is 89.6 Å². The van der Waals surface area contributed by atoms with Gasteiger partial charge in [-0.25, -0.2) is 14.6 Å². The number of hydrogen-bond donors (Lipinski definition) is 2. The molecule has 3 heterocycles. The maximum Gasteiger partial charge on any atom is 0.410 e. The number of urea groups is 1. The van der Waals surface area contributed by atoms with E-state index >= 15 is 0 Å². The molecule has 2 fully saturated rings. The molecule has 1 aromatic heterocycles. The van der Waals surface area contributed by atoms with Crippen molar-refractivity contribution in [1.29, 1.82) is 0 Å². The SMILES string of the molecule is CC(C)N1C(=O)NCc2cnc(N[C@@H](C)c3ccc(C(CC4CC4)N4CCN(C(=O)OC(C)(C)C)CC4)cc3)nc21. The lowest BCUT2D eigenvalue weighted by molar-refractivity contribution is 0.00941. The largest absolute Gasteiger partial charge is 0.444 e. The average molecular weight is 564 g/mol. The zero-order chi connectivity index (χ0) is 29.3. The van der Waals surface area contributed by atoms with E-state index in [2.05, 4.69) is 51.7 Å². The highest BCUT2D eigenvalue weighted by molar-refractivity contribution is 5.94. The molecule has 10 heteroatoms. The van der Waals surface area contributed by atoms with E-state index in [1.807, 2.05) is 39.5 Å². The lowest BCUT2D eigenvalue weighted by Crippen LogP contribution is -2.50. The summed E-state index contributed by atoms with van der Waals surface area (Å²) in [6.45, 7) is 15.3. The number of hydrogen-bond acceptors (Lipinski definition) is 7. The second-order valence-electron chi connectivity index (χ2n) is 12.9. The highest BCUT2D eigenvalue weighted by Gasteiger charge is 2.33. The van der Waals surface area contributed by atoms with Crippen molar-refractivity contribution >= 4 is 23.9 Å². The van der Waals surface area contributed by atoms with Gasteiger partial charge in [0.1, 0.15) is 11.4 Å². The average Bonchev–Trinajstić information content (AvgIpc) is 3.75. The van der Waals surface area contributed by atoms with Crippen LogP contribution in [0.15, 0.2) is 30.5 Å². The van der Waals surface area contributed by atoms with Gasteiger partial charge in [0.15, 0.2) is 0 Å². The van der Waals surface area contributed by atoms with Gasteiger partial charge in [0, 0.05) is 56.6 Å². The third kappa shape index (κ3) is 7.09. The van der Waals surface area contributed by atoms with E-state index in [1.165, 1.54) is 18.4 Å². The maximum atomic E-state index is 12.6. The molecular weight excluding hydrogens is 518 g/mol. The summed E-state index contributed by atoms with van der Waals surface area (Å²) in [6.07, 6.45) is 5.35. The summed E-state index contributed by atoms with van der Waals surface area (Å²) >= 11 is 0. The first-order valence-corrected chi connectivity index (χ1v) is 15.0. The molecule has 2 atom stereocenters. The number of piperazine rings is 1. The second-order valence-corrected chi connectivity index (χ2v) is 12.9. The minimum Gasteiger partial charge on any atom is -0.444 e. The molecule has 5 rings (SSSR count). The number of nitrogens with zero attached hydrogens (tertiary/aromatic N) is 5. The monoisotopic (exact) mass is 563 g/mol. The van der Waals surface area contributed by atoms with Crippen molar-refractivity contribution in [3.05, 3.63) is 47.2 Å². The van der Waals surface area contributed by atoms with Crippen LogP contribution in [0.3, 0.4) is 0 Å². The third-order valence-electron chi connectivity index (χ3n) is 8.06. The van der Waals surface area contributed by atoms with E-state index in [0.29, 0.717) is 37.4 Å². The van der Waals surface area contributed by atoms with Crippen LogP contribution in [0.4, 0.5) is 21.4 Å². The third-order valence-corrected chi connectivity index (χ3v) is 8.06. The predicted molar refractivity (Wildman–Crippen MR) is 160 cm³/mol. The normalized spacial score (nSPS) is 19.4. The molecule has 1 saturated heterocycles. The fraction of sp³-hybridized carbons (Fsp3) is 0.613. The summed E-state index contributed by atoms with van der Waals surface area (Å²) in [7, 11) is 0. The van der Waals surface area contributed by atoms with Crippen LogP contribution in [0.2, 0.25) is 0 Å². The number of nitrogens with one attached hydrogen (secondary N) is 2. The van der Waals surface area contributed by atoms with Gasteiger partial charge in [-0.05, 0) is 65.0 Å². The molecule has 41 heavy (non-hydrogen) atoms. The summed E-state index contributed by atoms with van der Waals surface area (Å²) in [5.74, 6) is 1.96. The zero-order valence-corrected chi connectivity index (χ0v) is 25.3. The molecule has 2 N–H and O–H groups in total. The Morgan fingerprint density at radius 2 is 1.73 bits per heavy atom. The number of carbonyl (C=O) groups excluding carboxylic acids is 2. The first kappa shape index (κ1) is 29.1. The van der Waals surface area contributed by atoms with E-state index in [-0.39, 0.29) is 24.2 Å². The molecule has 3 aliphatic rings. The number of carbonyl (C=O) groups is 2. The van der Waals surface area contributed by atoms with Crippen molar-refractivity contribution in [2.75, 3.05) is 36.4 Å². The van der Waals surface area contributed by atoms with Crippen LogP contribution in [0.25, 0.3) is 0 Å². The summed E-state index contributed by atoms with van der Waals surface area (Å²) in [6, 6.07) is 9.08. The molecule has 0 bridgehead atoms. The fourth-order valence-electron chi connectivity index (χ4n) is 5.62. The van der Waals surface area contributed by atoms with E-state index in [4.69, 9.17) is 9.72 Å². The second kappa shape index (κ2) is 11.8. The van der Waals surface area contributed by atoms with Crippen LogP contribution in [0.5, 0.6) is 0 Å². The standard InChI is InChI=1S/C31H45N7O3/c1-20(2)38-27-25(19-33-29(38)39)18-32-28(35-27)34-21(3)23-9-11-24(12-10-23)26(17-22-7-8-22)36-13-15-37(16-14-36)30(40)41-31(4,5)6/h9-12,18,20-22,26H,7-8,13-17,19H2,1-6H3,(H,33,39)(H,32,34,35)/t21-,26?/m0/s1. The Balaban J connectivity index is 1.24. The van der Waals surface area contributed by atoms with Gasteiger partial charge < -0.3 is 20.3 Å². The van der Waals surface area contributed by atoms with Gasteiger partial charge in [-0.15, -0.1) is 0 Å². The molecule has 1 saturated carbocycles. The highest BCUT2D eigenvalue weighted by Crippen LogP contribution is 2.40. The smallest absolute Gasteiger partial charge is 0.410 e. The summed E-state index contributed by atoms with van der Waals surface area (Å²) in [5, 5.41) is 6.31. The Labute approximate surface area is 243 Å². The first-order valence-electron chi connectivity index (χ1n) is 15.0. The summed E-state index contributed by atoms with van der Waals surface area (Å²) in [5.41, 5.74) is 2.90. The van der Waals surface area contributed by atoms with Crippen LogP contribution >= 0.6 is 0 Å². The molecule has 0 radical (unpaired) electrons. The van der Waals surface area contributed by atoms with Gasteiger partial charge in [0.05, 0.1) is 6.04 Å². The molecule has 1 aliphatic carbocycles. The van der Waals surface area contributed by atoms with Gasteiger partial charge in [-0.2, -0.15) is 4.98 Å². The van der Waals surface area contributed by atoms with Crippen LogP contribution in [-0.2, 0) is 11.3 Å². The van der Waals surface area contributed by atoms with Crippen LogP contribution < -0.4 is 15.5 Å². The number of anilines is 2. The topological polar surface area (TPSA) is 103 Å². The maximum absolute atomic E-state index is 12.6. The number of fused-ring (bicyclic) bond motifs is 1. The first-order chi connectivity index (χ1) is 19.5. The minimum absolute atomic E-state index is 0.00808. The van der Waals surface area contributed by atoms with Crippen molar-refractivity contribution < 1.29 is 14.3 Å². The molecule has 2 aromatic rings. The van der Waals surface area contributed by atoms with Gasteiger partial charge in [-0.3, -0.25) is 9.80 Å². The Morgan fingerprint density at radius 1 is 1.07 bits per heavy atom. The Hall–Kier alpha value is -3.40. The van der Waals surface area contributed by atoms with E-state index in [1.54, 1.807) is 11.1 Å². The predicted octanol–water partition coefficient (Wildman–Crippen LogP) is 5.48. The quantitative estimate of drug-likeness (QED) is 0.438. The number of benzene rings is 1. The molecule has 10 nitrogen and oxygen atoms in total. The van der Waals surface area contributed by atoms with E-state index < -0.39 is 5.60 Å². The molecular formula is C31H45N7O3. The van der Waals surface area contributed by atoms with Crippen molar-refractivity contribution in [3.63, 3.8) is 0 Å². The lowest BCUT2D eigenvalue weighted by atomic mass is 9.96. The van der Waals surface area contributed by atoms with Crippen molar-refractivity contribution in [3.8, 4) is 0 Å². The number of ether oxygens (including phenoxy) is 1. The number of rotatable bonds is 8. The van der Waals surface area contributed by atoms with Crippen molar-refractivity contribution in [1.82, 2.24) is 25.1 Å². The molecule has 222 valence electrons. The molecule has 3 amide bonds. The van der Waals surface area contributed by atoms with Crippen molar-refractivity contribution in [2.24, 2.45) is 5.92 Å². The van der Waals surface area contributed by atoms with Gasteiger partial charge in [-0.1, -0.05) is 37.1 Å². The lowest BCUT2D eigenvalue weighted by Gasteiger charge is -2.40. The zero-order valence-electron chi connectivity index (χ0n) is 25.3. The highest BCUT2D eigenvalue weighted by atomic mass is 16.6. The van der Waals surface area contributed by atoms with Gasteiger partial charge >= 0.3 is 12.1 Å². The summed E-state index contributed by atoms with van der Waals surface area (Å²) in [4.78, 5) is 40.3. The van der Waals surface area contributed by atoms with E-state index in [9.17, 15) is 9.59 Å². The Morgan fingerprint density at radius 3 is 2.34 bits per heavy atom. The molecule has 1 unspecified atom stereocenters. The Bertz CT molecular complexity index is 1230. The molecule has 0 spiro atoms. The molecule has 1 aromatic carbocycles. The van der Waals surface area contributed by atoms with Crippen molar-refractivity contribution in [2.45, 2.75) is 91.1 Å². The van der Waals surface area contributed by atoms with Gasteiger partial charge in [0.25, 0.3) is 0 Å². The minimum atomic E-state index is -0.479. The summed E-state index contributed by atoms with van der Waals surface area (Å²) < 4.78 is 5.59. The van der Waals surface area contributed by atoms with Crippen LogP contribution in [0, 0.1) is 5.92 Å². The van der Waals surface area contributed by atoms with Crippen LogP contribution in [-0.4, -0.2) is 69.7 Å². The molecule has 2 aliphatic heterocycles. The Kier molecular flexibility index (Phi) is 8.40. The van der Waals surface area contributed by atoms with E-state index in [0.717, 1.165) is 36.6 Å². The fourth-order valence-corrected chi connectivity index (χ4v) is 5.62. The number of aromatic nitrogens is 2. The van der Waals surface area contributed by atoms with Gasteiger partial charge in [0.2, 0.25) is 5.95 Å².